The van der Waals surface area contributed by atoms with E-state index in [-0.39, 0.29) is 18.4 Å². The van der Waals surface area contributed by atoms with Gasteiger partial charge in [-0.25, -0.2) is 0 Å². The molecule has 0 unspecified atom stereocenters. The lowest BCUT2D eigenvalue weighted by atomic mass is 9.98. The number of hydrogen-bond acceptors (Lipinski definition) is 3. The number of aryl methyl sites for hydroxylation is 1. The lowest BCUT2D eigenvalue weighted by molar-refractivity contribution is -0.120. The van der Waals surface area contributed by atoms with Gasteiger partial charge in [-0.2, -0.15) is 17.0 Å². The Labute approximate surface area is 142 Å². The number of carbonyl (C=O) groups is 1. The third-order valence-electron chi connectivity index (χ3n) is 3.98. The highest BCUT2D eigenvalue weighted by molar-refractivity contribution is 7.86. The van der Waals surface area contributed by atoms with E-state index >= 15 is 0 Å². The highest BCUT2D eigenvalue weighted by Gasteiger charge is 2.33. The molecule has 1 N–H and O–H groups in total. The number of carbonyl (C=O) groups excluding carboxylic acids is 1. The Kier molecular flexibility index (Phi) is 5.67. The average Bonchev–Trinajstić information content (AvgIpc) is 2.51. The second-order valence-corrected chi connectivity index (χ2v) is 8.49. The molecule has 2 rings (SSSR count). The van der Waals surface area contributed by atoms with Crippen LogP contribution in [-0.4, -0.2) is 50.1 Å². The molecule has 1 heterocycles. The summed E-state index contributed by atoms with van der Waals surface area (Å²) in [5, 5.41) is 3.41. The van der Waals surface area contributed by atoms with Crippen molar-refractivity contribution in [3.05, 3.63) is 28.8 Å². The lowest BCUT2D eigenvalue weighted by Gasteiger charge is -2.32. The van der Waals surface area contributed by atoms with Gasteiger partial charge in [0.2, 0.25) is 5.91 Å². The van der Waals surface area contributed by atoms with Crippen molar-refractivity contribution in [2.45, 2.75) is 19.8 Å². The Hall–Kier alpha value is -1.15. The van der Waals surface area contributed by atoms with Crippen LogP contribution < -0.4 is 5.32 Å². The summed E-state index contributed by atoms with van der Waals surface area (Å²) in [6, 6.07) is 5.32. The first kappa shape index (κ1) is 18.2. The molecule has 8 heteroatoms. The smallest absolute Gasteiger partial charge is 0.281 e. The summed E-state index contributed by atoms with van der Waals surface area (Å²) >= 11 is 6.06. The second kappa shape index (κ2) is 7.17. The number of nitrogens with one attached hydrogen (secondary N) is 1. The maximum Gasteiger partial charge on any atom is 0.281 e. The van der Waals surface area contributed by atoms with Crippen LogP contribution in [0.5, 0.6) is 0 Å². The monoisotopic (exact) mass is 359 g/mol. The van der Waals surface area contributed by atoms with E-state index in [2.05, 4.69) is 5.32 Å². The van der Waals surface area contributed by atoms with Crippen LogP contribution in [0.25, 0.3) is 0 Å². The summed E-state index contributed by atoms with van der Waals surface area (Å²) < 4.78 is 26.9. The molecule has 1 aliphatic rings. The van der Waals surface area contributed by atoms with E-state index in [0.29, 0.717) is 30.1 Å². The quantitative estimate of drug-likeness (QED) is 0.895. The van der Waals surface area contributed by atoms with E-state index in [0.717, 1.165) is 5.56 Å². The maximum atomic E-state index is 12.4. The van der Waals surface area contributed by atoms with Crippen LogP contribution in [0.4, 0.5) is 5.69 Å². The van der Waals surface area contributed by atoms with Gasteiger partial charge in [-0.15, -0.1) is 0 Å². The zero-order valence-corrected chi connectivity index (χ0v) is 15.1. The highest BCUT2D eigenvalue weighted by Crippen LogP contribution is 2.24. The molecule has 1 saturated heterocycles. The lowest BCUT2D eigenvalue weighted by Crippen LogP contribution is -2.47. The van der Waals surface area contributed by atoms with E-state index in [9.17, 15) is 13.2 Å². The largest absolute Gasteiger partial charge is 0.326 e. The third-order valence-corrected chi connectivity index (χ3v) is 6.30. The topological polar surface area (TPSA) is 69.7 Å². The molecule has 1 aromatic carbocycles. The molecular formula is C15H22ClN3O3S. The second-order valence-electron chi connectivity index (χ2n) is 5.94. The van der Waals surface area contributed by atoms with Gasteiger partial charge in [0.25, 0.3) is 10.2 Å². The van der Waals surface area contributed by atoms with Gasteiger partial charge in [0, 0.05) is 37.9 Å². The molecule has 23 heavy (non-hydrogen) atoms. The van der Waals surface area contributed by atoms with Crippen LogP contribution in [0.15, 0.2) is 18.2 Å². The normalized spacial score (nSPS) is 19.8. The van der Waals surface area contributed by atoms with Gasteiger partial charge in [0.1, 0.15) is 0 Å². The number of benzene rings is 1. The van der Waals surface area contributed by atoms with Gasteiger partial charge < -0.3 is 5.32 Å². The molecule has 0 spiro atoms. The van der Waals surface area contributed by atoms with E-state index in [1.165, 1.54) is 22.7 Å². The van der Waals surface area contributed by atoms with Crippen molar-refractivity contribution >= 4 is 33.4 Å². The van der Waals surface area contributed by atoms with Gasteiger partial charge in [-0.3, -0.25) is 4.79 Å². The Morgan fingerprint density at radius 2 is 2.09 bits per heavy atom. The van der Waals surface area contributed by atoms with E-state index in [1.54, 1.807) is 12.1 Å². The molecule has 1 amide bonds. The molecule has 0 saturated carbocycles. The fourth-order valence-corrected chi connectivity index (χ4v) is 3.88. The van der Waals surface area contributed by atoms with Gasteiger partial charge in [0.05, 0.1) is 5.92 Å². The molecule has 0 radical (unpaired) electrons. The number of piperidine rings is 1. The molecule has 1 aromatic rings. The van der Waals surface area contributed by atoms with Crippen molar-refractivity contribution < 1.29 is 13.2 Å². The number of hydrogen-bond donors (Lipinski definition) is 1. The van der Waals surface area contributed by atoms with Crippen LogP contribution in [0.3, 0.4) is 0 Å². The number of rotatable bonds is 4. The summed E-state index contributed by atoms with van der Waals surface area (Å²) in [7, 11) is -0.499. The van der Waals surface area contributed by atoms with Crippen molar-refractivity contribution in [3.63, 3.8) is 0 Å². The van der Waals surface area contributed by atoms with E-state index in [4.69, 9.17) is 11.6 Å². The Balaban J connectivity index is 2.06. The summed E-state index contributed by atoms with van der Waals surface area (Å²) in [5.74, 6) is -0.540. The summed E-state index contributed by atoms with van der Waals surface area (Å²) in [6.45, 7) is 2.53. The first-order valence-electron chi connectivity index (χ1n) is 7.46. The molecule has 1 aliphatic heterocycles. The molecule has 1 atom stereocenters. The fraction of sp³-hybridized carbons (Fsp3) is 0.533. The molecule has 0 bridgehead atoms. The van der Waals surface area contributed by atoms with Crippen LogP contribution in [0.1, 0.15) is 18.4 Å². The van der Waals surface area contributed by atoms with Gasteiger partial charge in [-0.05, 0) is 37.5 Å². The predicted octanol–water partition coefficient (Wildman–Crippen LogP) is 2.11. The SMILES string of the molecule is Cc1ccc(NC(=O)[C@@H]2CCCN(S(=O)(=O)N(C)C)C2)cc1Cl. The van der Waals surface area contributed by atoms with Crippen LogP contribution in [0.2, 0.25) is 5.02 Å². The van der Waals surface area contributed by atoms with Crippen LogP contribution in [-0.2, 0) is 15.0 Å². The Morgan fingerprint density at radius 1 is 1.39 bits per heavy atom. The van der Waals surface area contributed by atoms with E-state index < -0.39 is 10.2 Å². The fourth-order valence-electron chi connectivity index (χ4n) is 2.51. The van der Waals surface area contributed by atoms with Crippen molar-refractivity contribution in [3.8, 4) is 0 Å². The summed E-state index contributed by atoms with van der Waals surface area (Å²) in [4.78, 5) is 12.4. The van der Waals surface area contributed by atoms with Crippen LogP contribution >= 0.6 is 11.6 Å². The van der Waals surface area contributed by atoms with Gasteiger partial charge in [0.15, 0.2) is 0 Å². The minimum absolute atomic E-state index is 0.177. The number of halogens is 1. The molecule has 0 aliphatic carbocycles. The van der Waals surface area contributed by atoms with Crippen molar-refractivity contribution in [1.82, 2.24) is 8.61 Å². The highest BCUT2D eigenvalue weighted by atomic mass is 35.5. The third kappa shape index (κ3) is 4.23. The Morgan fingerprint density at radius 3 is 2.70 bits per heavy atom. The minimum atomic E-state index is -3.49. The minimum Gasteiger partial charge on any atom is -0.326 e. The standard InChI is InChI=1S/C15H22ClN3O3S/c1-11-6-7-13(9-14(11)16)17-15(20)12-5-4-8-19(10-12)23(21,22)18(2)3/h6-7,9,12H,4-5,8,10H2,1-3H3,(H,17,20)/t12-/m1/s1. The number of nitrogens with zero attached hydrogens (tertiary/aromatic N) is 2. The van der Waals surface area contributed by atoms with Crippen LogP contribution in [0, 0.1) is 12.8 Å². The van der Waals surface area contributed by atoms with Gasteiger partial charge >= 0.3 is 0 Å². The zero-order chi connectivity index (χ0) is 17.2. The number of amides is 1. The van der Waals surface area contributed by atoms with Crippen molar-refractivity contribution in [1.29, 1.82) is 0 Å². The molecular weight excluding hydrogens is 338 g/mol. The first-order valence-corrected chi connectivity index (χ1v) is 9.24. The summed E-state index contributed by atoms with van der Waals surface area (Å²) in [5.41, 5.74) is 1.56. The first-order chi connectivity index (χ1) is 10.7. The number of anilines is 1. The zero-order valence-electron chi connectivity index (χ0n) is 13.5. The van der Waals surface area contributed by atoms with E-state index in [1.807, 2.05) is 13.0 Å². The molecule has 1 fully saturated rings. The summed E-state index contributed by atoms with van der Waals surface area (Å²) in [6.07, 6.45) is 1.34. The average molecular weight is 360 g/mol. The molecule has 0 aromatic heterocycles. The van der Waals surface area contributed by atoms with Crippen molar-refractivity contribution in [2.75, 3.05) is 32.5 Å². The van der Waals surface area contributed by atoms with Crippen molar-refractivity contribution in [2.24, 2.45) is 5.92 Å². The van der Waals surface area contributed by atoms with Gasteiger partial charge in [-0.1, -0.05) is 17.7 Å². The maximum absolute atomic E-state index is 12.4. The predicted molar refractivity (Wildman–Crippen MR) is 91.7 cm³/mol. The Bertz CT molecular complexity index is 691. The molecule has 6 nitrogen and oxygen atoms in total. The molecule has 128 valence electrons.